The standard InChI is InChI=1S/C21H33N3O3/c1-16(2)20(23-11-13-27-14-12-23)15-22-21(25)24-10-4-5-19(24)17-6-8-18(26-3)9-7-17/h6-9,16,19-20H,4-5,10-15H2,1-3H3,(H,22,25). The second kappa shape index (κ2) is 9.42. The molecule has 150 valence electrons. The van der Waals surface area contributed by atoms with E-state index in [9.17, 15) is 4.79 Å². The number of ether oxygens (including phenoxy) is 2. The van der Waals surface area contributed by atoms with E-state index < -0.39 is 0 Å². The lowest BCUT2D eigenvalue weighted by Crippen LogP contribution is -2.52. The molecular formula is C21H33N3O3. The summed E-state index contributed by atoms with van der Waals surface area (Å²) in [5.74, 6) is 1.33. The van der Waals surface area contributed by atoms with Crippen molar-refractivity contribution in [3.8, 4) is 5.75 Å². The summed E-state index contributed by atoms with van der Waals surface area (Å²) in [5, 5.41) is 3.21. The fourth-order valence-electron chi connectivity index (χ4n) is 4.17. The van der Waals surface area contributed by atoms with E-state index in [-0.39, 0.29) is 12.1 Å². The molecule has 2 aliphatic rings. The van der Waals surface area contributed by atoms with Crippen molar-refractivity contribution in [3.05, 3.63) is 29.8 Å². The summed E-state index contributed by atoms with van der Waals surface area (Å²) in [6.07, 6.45) is 2.05. The van der Waals surface area contributed by atoms with E-state index in [4.69, 9.17) is 9.47 Å². The third-order valence-electron chi connectivity index (χ3n) is 5.76. The molecule has 3 rings (SSSR count). The highest BCUT2D eigenvalue weighted by atomic mass is 16.5. The molecule has 1 aromatic rings. The molecule has 6 nitrogen and oxygen atoms in total. The van der Waals surface area contributed by atoms with Crippen LogP contribution in [-0.4, -0.2) is 68.4 Å². The van der Waals surface area contributed by atoms with Gasteiger partial charge in [0.15, 0.2) is 0 Å². The molecule has 0 bridgehead atoms. The Kier molecular flexibility index (Phi) is 6.96. The van der Waals surface area contributed by atoms with E-state index in [1.807, 2.05) is 17.0 Å². The van der Waals surface area contributed by atoms with Crippen molar-refractivity contribution in [1.29, 1.82) is 0 Å². The summed E-state index contributed by atoms with van der Waals surface area (Å²) in [4.78, 5) is 17.3. The molecule has 2 saturated heterocycles. The number of amides is 2. The van der Waals surface area contributed by atoms with Crippen molar-refractivity contribution in [2.45, 2.75) is 38.8 Å². The highest BCUT2D eigenvalue weighted by Gasteiger charge is 2.31. The Morgan fingerprint density at radius 1 is 1.22 bits per heavy atom. The van der Waals surface area contributed by atoms with Gasteiger partial charge in [0.25, 0.3) is 0 Å². The summed E-state index contributed by atoms with van der Waals surface area (Å²) in [6, 6.07) is 8.62. The molecule has 1 aromatic carbocycles. The lowest BCUT2D eigenvalue weighted by Gasteiger charge is -2.37. The van der Waals surface area contributed by atoms with E-state index in [0.29, 0.717) is 18.5 Å². The minimum Gasteiger partial charge on any atom is -0.497 e. The predicted octanol–water partition coefficient (Wildman–Crippen LogP) is 2.90. The fraction of sp³-hybridized carbons (Fsp3) is 0.667. The van der Waals surface area contributed by atoms with Gasteiger partial charge in [0.05, 0.1) is 26.4 Å². The van der Waals surface area contributed by atoms with E-state index in [1.165, 1.54) is 5.56 Å². The van der Waals surface area contributed by atoms with Crippen LogP contribution in [0.2, 0.25) is 0 Å². The fourth-order valence-corrected chi connectivity index (χ4v) is 4.17. The van der Waals surface area contributed by atoms with Crippen LogP contribution in [0.25, 0.3) is 0 Å². The highest BCUT2D eigenvalue weighted by molar-refractivity contribution is 5.75. The maximum absolute atomic E-state index is 12.9. The second-order valence-corrected chi connectivity index (χ2v) is 7.77. The molecule has 0 saturated carbocycles. The number of carbonyl (C=O) groups excluding carboxylic acids is 1. The summed E-state index contributed by atoms with van der Waals surface area (Å²) >= 11 is 0. The van der Waals surface area contributed by atoms with Crippen LogP contribution < -0.4 is 10.1 Å². The molecule has 0 radical (unpaired) electrons. The van der Waals surface area contributed by atoms with Crippen molar-refractivity contribution in [1.82, 2.24) is 15.1 Å². The van der Waals surface area contributed by atoms with Gasteiger partial charge in [-0.2, -0.15) is 0 Å². The maximum atomic E-state index is 12.9. The summed E-state index contributed by atoms with van der Waals surface area (Å²) in [7, 11) is 1.67. The molecule has 2 unspecified atom stereocenters. The van der Waals surface area contributed by atoms with Crippen molar-refractivity contribution < 1.29 is 14.3 Å². The number of morpholine rings is 1. The summed E-state index contributed by atoms with van der Waals surface area (Å²) in [6.45, 7) is 9.39. The van der Waals surface area contributed by atoms with Crippen molar-refractivity contribution >= 4 is 6.03 Å². The zero-order valence-electron chi connectivity index (χ0n) is 16.8. The summed E-state index contributed by atoms with van der Waals surface area (Å²) < 4.78 is 10.7. The molecule has 2 amide bonds. The Morgan fingerprint density at radius 3 is 2.56 bits per heavy atom. The van der Waals surface area contributed by atoms with Crippen LogP contribution in [0.1, 0.15) is 38.3 Å². The Labute approximate surface area is 162 Å². The van der Waals surface area contributed by atoms with Crippen LogP contribution in [0.5, 0.6) is 5.75 Å². The van der Waals surface area contributed by atoms with Gasteiger partial charge in [-0.1, -0.05) is 26.0 Å². The van der Waals surface area contributed by atoms with Crippen LogP contribution in [-0.2, 0) is 4.74 Å². The molecule has 2 atom stereocenters. The van der Waals surface area contributed by atoms with Gasteiger partial charge in [0.2, 0.25) is 0 Å². The first-order valence-corrected chi connectivity index (χ1v) is 10.1. The zero-order valence-corrected chi connectivity index (χ0v) is 16.8. The molecule has 1 N–H and O–H groups in total. The van der Waals surface area contributed by atoms with E-state index in [1.54, 1.807) is 7.11 Å². The van der Waals surface area contributed by atoms with Crippen LogP contribution >= 0.6 is 0 Å². The number of urea groups is 1. The van der Waals surface area contributed by atoms with Crippen molar-refractivity contribution in [2.24, 2.45) is 5.92 Å². The van der Waals surface area contributed by atoms with E-state index in [2.05, 4.69) is 36.2 Å². The number of methoxy groups -OCH3 is 1. The smallest absolute Gasteiger partial charge is 0.317 e. The van der Waals surface area contributed by atoms with Gasteiger partial charge in [0.1, 0.15) is 5.75 Å². The van der Waals surface area contributed by atoms with Crippen LogP contribution in [0.15, 0.2) is 24.3 Å². The number of hydrogen-bond acceptors (Lipinski definition) is 4. The van der Waals surface area contributed by atoms with Gasteiger partial charge in [-0.3, -0.25) is 4.90 Å². The lowest BCUT2D eigenvalue weighted by atomic mass is 10.0. The van der Waals surface area contributed by atoms with Crippen molar-refractivity contribution in [2.75, 3.05) is 46.5 Å². The number of carbonyl (C=O) groups is 1. The Balaban J connectivity index is 1.59. The van der Waals surface area contributed by atoms with Gasteiger partial charge < -0.3 is 19.7 Å². The Bertz CT molecular complexity index is 599. The van der Waals surface area contributed by atoms with Gasteiger partial charge >= 0.3 is 6.03 Å². The maximum Gasteiger partial charge on any atom is 0.317 e. The number of rotatable bonds is 6. The minimum atomic E-state index is 0.0484. The average Bonchev–Trinajstić information content (AvgIpc) is 3.18. The third-order valence-corrected chi connectivity index (χ3v) is 5.76. The third kappa shape index (κ3) is 4.93. The van der Waals surface area contributed by atoms with Crippen molar-refractivity contribution in [3.63, 3.8) is 0 Å². The molecule has 27 heavy (non-hydrogen) atoms. The number of benzene rings is 1. The number of nitrogens with one attached hydrogen (secondary N) is 1. The molecule has 2 heterocycles. The van der Waals surface area contributed by atoms with Gasteiger partial charge in [-0.05, 0) is 36.5 Å². The summed E-state index contributed by atoms with van der Waals surface area (Å²) in [5.41, 5.74) is 1.18. The van der Waals surface area contributed by atoms with E-state index >= 15 is 0 Å². The average molecular weight is 376 g/mol. The molecule has 0 aliphatic carbocycles. The molecule has 0 spiro atoms. The van der Waals surface area contributed by atoms with Crippen LogP contribution in [0.4, 0.5) is 4.79 Å². The van der Waals surface area contributed by atoms with Crippen LogP contribution in [0, 0.1) is 5.92 Å². The topological polar surface area (TPSA) is 54.0 Å². The number of likely N-dealkylation sites (tertiary alicyclic amines) is 1. The second-order valence-electron chi connectivity index (χ2n) is 7.77. The van der Waals surface area contributed by atoms with E-state index in [0.717, 1.165) is 51.4 Å². The predicted molar refractivity (Wildman–Crippen MR) is 106 cm³/mol. The van der Waals surface area contributed by atoms with Gasteiger partial charge in [-0.15, -0.1) is 0 Å². The SMILES string of the molecule is COc1ccc(C2CCCN2C(=O)NCC(C(C)C)N2CCOCC2)cc1. The number of hydrogen-bond donors (Lipinski definition) is 1. The normalized spacial score (nSPS) is 22.1. The number of nitrogens with zero attached hydrogens (tertiary/aromatic N) is 2. The highest BCUT2D eigenvalue weighted by Crippen LogP contribution is 2.32. The molecule has 2 aliphatic heterocycles. The zero-order chi connectivity index (χ0) is 19.2. The first-order chi connectivity index (χ1) is 13.1. The molecule has 2 fully saturated rings. The Morgan fingerprint density at radius 2 is 1.93 bits per heavy atom. The quantitative estimate of drug-likeness (QED) is 0.831. The molecular weight excluding hydrogens is 342 g/mol. The lowest BCUT2D eigenvalue weighted by molar-refractivity contribution is 0.00691. The molecule has 0 aromatic heterocycles. The Hall–Kier alpha value is -1.79. The largest absolute Gasteiger partial charge is 0.497 e. The monoisotopic (exact) mass is 375 g/mol. The van der Waals surface area contributed by atoms with Crippen LogP contribution in [0.3, 0.4) is 0 Å². The first-order valence-electron chi connectivity index (χ1n) is 10.1. The van der Waals surface area contributed by atoms with Gasteiger partial charge in [0, 0.05) is 32.2 Å². The van der Waals surface area contributed by atoms with Gasteiger partial charge in [-0.25, -0.2) is 4.79 Å². The minimum absolute atomic E-state index is 0.0484. The first kappa shape index (κ1) is 20.0. The molecule has 6 heteroatoms.